The van der Waals surface area contributed by atoms with Crippen molar-refractivity contribution in [2.24, 2.45) is 4.76 Å². The average molecular weight is 351 g/mol. The smallest absolute Gasteiger partial charge is 0.127 e. The molecule has 0 aliphatic carbocycles. The molecule has 0 spiro atoms. The van der Waals surface area contributed by atoms with E-state index in [0.29, 0.717) is 5.56 Å². The minimum atomic E-state index is -2.33. The van der Waals surface area contributed by atoms with Gasteiger partial charge in [-0.1, -0.05) is 84.6 Å². The number of rotatable bonds is 4. The van der Waals surface area contributed by atoms with Crippen LogP contribution in [0.4, 0.5) is 0 Å². The fourth-order valence-corrected chi connectivity index (χ4v) is 5.35. The summed E-state index contributed by atoms with van der Waals surface area (Å²) in [6.07, 6.45) is -0.621. The number of hydrogen-bond acceptors (Lipinski definition) is 2. The van der Waals surface area contributed by atoms with Crippen molar-refractivity contribution in [3.05, 3.63) is 90.0 Å². The molecule has 0 heterocycles. The van der Waals surface area contributed by atoms with Crippen molar-refractivity contribution in [1.82, 2.24) is 0 Å². The zero-order valence-electron chi connectivity index (χ0n) is 13.3. The van der Waals surface area contributed by atoms with E-state index in [0.717, 1.165) is 16.2 Å². The van der Waals surface area contributed by atoms with Gasteiger partial charge in [0.05, 0.1) is 0 Å². The number of phenolic OH excluding ortho intramolecular Hbond substituents is 1. The van der Waals surface area contributed by atoms with Crippen molar-refractivity contribution >= 4 is 34.8 Å². The Morgan fingerprint density at radius 1 is 0.833 bits per heavy atom. The van der Waals surface area contributed by atoms with Crippen LogP contribution in [0.25, 0.3) is 0 Å². The molecule has 0 saturated carbocycles. The number of nitrogens with zero attached hydrogens (tertiary/aromatic N) is 1. The topological polar surface area (TPSA) is 32.6 Å². The molecule has 0 aromatic heterocycles. The molecule has 0 atom stereocenters. The van der Waals surface area contributed by atoms with Gasteiger partial charge >= 0.3 is 0 Å². The lowest BCUT2D eigenvalue weighted by atomic mass is 10.1. The number of para-hydroxylation sites is 1. The van der Waals surface area contributed by atoms with Crippen LogP contribution in [0.2, 0.25) is 0 Å². The quantitative estimate of drug-likeness (QED) is 0.565. The SMILES string of the molecule is Cc1cccc(/C=N/P(=S)(c2ccccc2)c2ccccc2)c1O. The Balaban J connectivity index is 2.12. The first kappa shape index (κ1) is 16.6. The molecule has 120 valence electrons. The van der Waals surface area contributed by atoms with Gasteiger partial charge < -0.3 is 5.11 Å². The number of aryl methyl sites for hydroxylation is 1. The van der Waals surface area contributed by atoms with Crippen molar-refractivity contribution < 1.29 is 5.11 Å². The molecule has 4 heteroatoms. The van der Waals surface area contributed by atoms with Gasteiger partial charge in [-0.2, -0.15) is 0 Å². The molecule has 0 aliphatic heterocycles. The molecule has 3 aromatic carbocycles. The minimum absolute atomic E-state index is 0.254. The molecule has 0 saturated heterocycles. The van der Waals surface area contributed by atoms with Crippen LogP contribution < -0.4 is 10.6 Å². The van der Waals surface area contributed by atoms with Crippen LogP contribution in [0.1, 0.15) is 11.1 Å². The molecule has 0 amide bonds. The fraction of sp³-hybridized carbons (Fsp3) is 0.0500. The highest BCUT2D eigenvalue weighted by molar-refractivity contribution is 8.21. The second-order valence-corrected chi connectivity index (χ2v) is 9.51. The highest BCUT2D eigenvalue weighted by atomic mass is 32.4. The first-order valence-corrected chi connectivity index (χ1v) is 10.4. The molecule has 0 unspecified atom stereocenters. The van der Waals surface area contributed by atoms with Gasteiger partial charge in [0.25, 0.3) is 0 Å². The maximum atomic E-state index is 10.2. The Morgan fingerprint density at radius 2 is 1.38 bits per heavy atom. The van der Waals surface area contributed by atoms with Crippen molar-refractivity contribution in [2.75, 3.05) is 0 Å². The second kappa shape index (κ2) is 7.12. The normalized spacial score (nSPS) is 11.7. The van der Waals surface area contributed by atoms with E-state index in [-0.39, 0.29) is 5.75 Å². The Morgan fingerprint density at radius 3 is 1.92 bits per heavy atom. The molecule has 1 N–H and O–H groups in total. The van der Waals surface area contributed by atoms with Crippen LogP contribution in [0.5, 0.6) is 5.75 Å². The largest absolute Gasteiger partial charge is 0.507 e. The second-order valence-electron chi connectivity index (χ2n) is 5.50. The van der Waals surface area contributed by atoms with Gasteiger partial charge in [0.15, 0.2) is 0 Å². The summed E-state index contributed by atoms with van der Waals surface area (Å²) in [7, 11) is 0. The Hall–Kier alpha value is -2.22. The standard InChI is InChI=1S/C20H18NOPS/c1-16-9-8-10-17(20(16)22)15-21-23(24,18-11-4-2-5-12-18)19-13-6-3-7-14-19/h2-15,22H,1H3/b21-15+. The van der Waals surface area contributed by atoms with E-state index >= 15 is 0 Å². The Bertz CT molecular complexity index is 864. The maximum absolute atomic E-state index is 10.2. The summed E-state index contributed by atoms with van der Waals surface area (Å²) in [6.45, 7) is 1.87. The third-order valence-corrected chi connectivity index (χ3v) is 7.83. The maximum Gasteiger partial charge on any atom is 0.127 e. The van der Waals surface area contributed by atoms with E-state index in [4.69, 9.17) is 16.6 Å². The van der Waals surface area contributed by atoms with Gasteiger partial charge in [-0.25, -0.2) is 0 Å². The van der Waals surface area contributed by atoms with E-state index in [9.17, 15) is 5.11 Å². The molecule has 3 rings (SSSR count). The Kier molecular flexibility index (Phi) is 4.94. The molecule has 2 nitrogen and oxygen atoms in total. The van der Waals surface area contributed by atoms with Crippen molar-refractivity contribution in [1.29, 1.82) is 0 Å². The van der Waals surface area contributed by atoms with Crippen molar-refractivity contribution in [3.63, 3.8) is 0 Å². The summed E-state index contributed by atoms with van der Waals surface area (Å²) in [5.41, 5.74) is 1.52. The molecular weight excluding hydrogens is 333 g/mol. The summed E-state index contributed by atoms with van der Waals surface area (Å²) in [4.78, 5) is 0. The van der Waals surface area contributed by atoms with E-state index < -0.39 is 6.19 Å². The zero-order chi connectivity index (χ0) is 17.0. The molecule has 0 radical (unpaired) electrons. The van der Waals surface area contributed by atoms with Crippen molar-refractivity contribution in [2.45, 2.75) is 6.92 Å². The number of hydrogen-bond donors (Lipinski definition) is 1. The summed E-state index contributed by atoms with van der Waals surface area (Å²) in [5.74, 6) is 0.254. The van der Waals surface area contributed by atoms with Crippen molar-refractivity contribution in [3.8, 4) is 5.75 Å². The molecular formula is C20H18NOPS. The number of benzene rings is 3. The molecule has 24 heavy (non-hydrogen) atoms. The van der Waals surface area contributed by atoms with Gasteiger partial charge in [-0.15, -0.1) is 0 Å². The highest BCUT2D eigenvalue weighted by Crippen LogP contribution is 2.45. The molecule has 0 bridgehead atoms. The molecule has 3 aromatic rings. The van der Waals surface area contributed by atoms with E-state index in [1.165, 1.54) is 0 Å². The van der Waals surface area contributed by atoms with Gasteiger partial charge in [0, 0.05) is 22.4 Å². The lowest BCUT2D eigenvalue weighted by Crippen LogP contribution is -2.14. The summed E-state index contributed by atoms with van der Waals surface area (Å²) >= 11 is 6.04. The van der Waals surface area contributed by atoms with E-state index in [1.54, 1.807) is 6.21 Å². The van der Waals surface area contributed by atoms with Gasteiger partial charge in [0.1, 0.15) is 11.9 Å². The lowest BCUT2D eigenvalue weighted by Gasteiger charge is -2.18. The van der Waals surface area contributed by atoms with Crippen LogP contribution in [-0.2, 0) is 11.8 Å². The highest BCUT2D eigenvalue weighted by Gasteiger charge is 2.20. The predicted molar refractivity (Wildman–Crippen MR) is 107 cm³/mol. The van der Waals surface area contributed by atoms with Crippen LogP contribution in [0.3, 0.4) is 0 Å². The van der Waals surface area contributed by atoms with Crippen LogP contribution >= 0.6 is 6.19 Å². The zero-order valence-corrected chi connectivity index (χ0v) is 15.0. The summed E-state index contributed by atoms with van der Waals surface area (Å²) in [6, 6.07) is 25.6. The summed E-state index contributed by atoms with van der Waals surface area (Å²) < 4.78 is 4.81. The monoisotopic (exact) mass is 351 g/mol. The van der Waals surface area contributed by atoms with Crippen LogP contribution in [0, 0.1) is 6.92 Å². The van der Waals surface area contributed by atoms with Crippen LogP contribution in [-0.4, -0.2) is 11.3 Å². The lowest BCUT2D eigenvalue weighted by molar-refractivity contribution is 0.470. The van der Waals surface area contributed by atoms with Gasteiger partial charge in [-0.3, -0.25) is 4.76 Å². The molecule has 0 aliphatic rings. The first-order chi connectivity index (χ1) is 11.6. The third-order valence-electron chi connectivity index (χ3n) is 3.84. The number of aromatic hydroxyl groups is 1. The average Bonchev–Trinajstić information content (AvgIpc) is 2.64. The fourth-order valence-electron chi connectivity index (χ4n) is 2.47. The van der Waals surface area contributed by atoms with Gasteiger partial charge in [0.2, 0.25) is 0 Å². The molecule has 0 fully saturated rings. The van der Waals surface area contributed by atoms with E-state index in [2.05, 4.69) is 0 Å². The van der Waals surface area contributed by atoms with Gasteiger partial charge in [-0.05, 0) is 18.6 Å². The Labute approximate surface area is 147 Å². The third kappa shape index (κ3) is 3.33. The minimum Gasteiger partial charge on any atom is -0.507 e. The number of phenols is 1. The van der Waals surface area contributed by atoms with E-state index in [1.807, 2.05) is 85.8 Å². The summed E-state index contributed by atoms with van der Waals surface area (Å²) in [5, 5.41) is 12.3. The first-order valence-electron chi connectivity index (χ1n) is 7.67. The van der Waals surface area contributed by atoms with Crippen LogP contribution in [0.15, 0.2) is 83.6 Å². The predicted octanol–water partition coefficient (Wildman–Crippen LogP) is 4.17.